The smallest absolute Gasteiger partial charge is 0.258 e. The molecule has 0 unspecified atom stereocenters. The van der Waals surface area contributed by atoms with E-state index in [1.54, 1.807) is 35.2 Å². The van der Waals surface area contributed by atoms with E-state index in [-0.39, 0.29) is 34.9 Å². The summed E-state index contributed by atoms with van der Waals surface area (Å²) in [5.74, 6) is -0.136. The molecule has 2 aromatic carbocycles. The number of rotatable bonds is 3. The summed E-state index contributed by atoms with van der Waals surface area (Å²) in [6.07, 6.45) is 1.48. The Morgan fingerprint density at radius 2 is 2.08 bits per heavy atom. The monoisotopic (exact) mass is 353 g/mol. The van der Waals surface area contributed by atoms with Crippen LogP contribution in [0.1, 0.15) is 35.1 Å². The molecule has 0 bridgehead atoms. The number of amides is 1. The molecule has 1 saturated heterocycles. The SMILES string of the molecule is O=C(c1ccccc1O)N1CCC[C@H]1c1nc(-c2cccc(F)c2)no1. The van der Waals surface area contributed by atoms with E-state index in [9.17, 15) is 14.3 Å². The van der Waals surface area contributed by atoms with Gasteiger partial charge in [-0.15, -0.1) is 0 Å². The standard InChI is InChI=1S/C19H16FN3O3/c20-13-6-3-5-12(11-13)17-21-18(26-22-17)15-8-4-10-23(15)19(25)14-7-1-2-9-16(14)24/h1-3,5-7,9,11,15,24H,4,8,10H2/t15-/m0/s1. The van der Waals surface area contributed by atoms with E-state index in [0.29, 0.717) is 24.4 Å². The van der Waals surface area contributed by atoms with Crippen LogP contribution in [0.15, 0.2) is 53.1 Å². The molecule has 1 aliphatic rings. The Labute approximate surface area is 148 Å². The van der Waals surface area contributed by atoms with Crippen molar-refractivity contribution >= 4 is 5.91 Å². The van der Waals surface area contributed by atoms with Crippen molar-refractivity contribution in [2.75, 3.05) is 6.54 Å². The summed E-state index contributed by atoms with van der Waals surface area (Å²) in [6.45, 7) is 0.537. The zero-order valence-corrected chi connectivity index (χ0v) is 13.8. The maximum absolute atomic E-state index is 13.4. The molecule has 0 aliphatic carbocycles. The minimum Gasteiger partial charge on any atom is -0.507 e. The van der Waals surface area contributed by atoms with Gasteiger partial charge in [0.2, 0.25) is 11.7 Å². The van der Waals surface area contributed by atoms with E-state index in [1.165, 1.54) is 18.2 Å². The van der Waals surface area contributed by atoms with Gasteiger partial charge in [-0.2, -0.15) is 4.98 Å². The van der Waals surface area contributed by atoms with Crippen LogP contribution < -0.4 is 0 Å². The van der Waals surface area contributed by atoms with Crippen molar-refractivity contribution in [3.63, 3.8) is 0 Å². The van der Waals surface area contributed by atoms with Crippen LogP contribution in [0, 0.1) is 5.82 Å². The van der Waals surface area contributed by atoms with E-state index >= 15 is 0 Å². The van der Waals surface area contributed by atoms with Crippen LogP contribution >= 0.6 is 0 Å². The number of phenolic OH excluding ortho intramolecular Hbond substituents is 1. The van der Waals surface area contributed by atoms with E-state index in [0.717, 1.165) is 6.42 Å². The number of para-hydroxylation sites is 1. The predicted molar refractivity (Wildman–Crippen MR) is 90.8 cm³/mol. The quantitative estimate of drug-likeness (QED) is 0.779. The number of likely N-dealkylation sites (tertiary alicyclic amines) is 1. The van der Waals surface area contributed by atoms with Gasteiger partial charge >= 0.3 is 0 Å². The number of halogens is 1. The molecule has 1 aromatic heterocycles. The minimum atomic E-state index is -0.383. The molecule has 0 radical (unpaired) electrons. The fraction of sp³-hybridized carbons (Fsp3) is 0.211. The molecule has 26 heavy (non-hydrogen) atoms. The zero-order chi connectivity index (χ0) is 18.1. The number of carbonyl (C=O) groups excluding carboxylic acids is 1. The third-order valence-corrected chi connectivity index (χ3v) is 4.46. The second kappa shape index (κ2) is 6.59. The summed E-state index contributed by atoms with van der Waals surface area (Å²) in [5.41, 5.74) is 0.751. The zero-order valence-electron chi connectivity index (χ0n) is 13.8. The maximum Gasteiger partial charge on any atom is 0.258 e. The number of phenols is 1. The molecule has 132 valence electrons. The Morgan fingerprint density at radius 1 is 1.23 bits per heavy atom. The molecule has 3 aromatic rings. The van der Waals surface area contributed by atoms with Crippen LogP contribution in [0.25, 0.3) is 11.4 Å². The van der Waals surface area contributed by atoms with Crippen molar-refractivity contribution in [2.24, 2.45) is 0 Å². The number of benzene rings is 2. The molecule has 1 aliphatic heterocycles. The predicted octanol–water partition coefficient (Wildman–Crippen LogP) is 3.56. The molecule has 1 atom stereocenters. The van der Waals surface area contributed by atoms with Crippen molar-refractivity contribution in [3.8, 4) is 17.1 Å². The first kappa shape index (κ1) is 16.3. The van der Waals surface area contributed by atoms with E-state index in [1.807, 2.05) is 0 Å². The lowest BCUT2D eigenvalue weighted by molar-refractivity contribution is 0.0707. The highest BCUT2D eigenvalue weighted by Gasteiger charge is 2.35. The highest BCUT2D eigenvalue weighted by atomic mass is 19.1. The highest BCUT2D eigenvalue weighted by Crippen LogP contribution is 2.34. The number of carbonyl (C=O) groups is 1. The average molecular weight is 353 g/mol. The van der Waals surface area contributed by atoms with Crippen LogP contribution in [-0.2, 0) is 0 Å². The largest absolute Gasteiger partial charge is 0.507 e. The van der Waals surface area contributed by atoms with Crippen LogP contribution in [0.4, 0.5) is 4.39 Å². The normalized spacial score (nSPS) is 16.8. The summed E-state index contributed by atoms with van der Waals surface area (Å²) < 4.78 is 18.7. The van der Waals surface area contributed by atoms with Gasteiger partial charge in [0.1, 0.15) is 17.6 Å². The van der Waals surface area contributed by atoms with Gasteiger partial charge in [-0.05, 0) is 37.1 Å². The van der Waals surface area contributed by atoms with Gasteiger partial charge in [-0.1, -0.05) is 29.4 Å². The molecular weight excluding hydrogens is 337 g/mol. The number of hydrogen-bond donors (Lipinski definition) is 1. The molecule has 1 amide bonds. The van der Waals surface area contributed by atoms with Crippen molar-refractivity contribution in [1.82, 2.24) is 15.0 Å². The summed E-state index contributed by atoms with van der Waals surface area (Å²) in [4.78, 5) is 18.8. The molecule has 1 fully saturated rings. The van der Waals surface area contributed by atoms with E-state index in [2.05, 4.69) is 10.1 Å². The molecule has 6 nitrogen and oxygen atoms in total. The summed E-state index contributed by atoms with van der Waals surface area (Å²) in [5, 5.41) is 13.9. The Bertz CT molecular complexity index is 956. The highest BCUT2D eigenvalue weighted by molar-refractivity contribution is 5.97. The van der Waals surface area contributed by atoms with Gasteiger partial charge in [0.25, 0.3) is 5.91 Å². The summed E-state index contributed by atoms with van der Waals surface area (Å²) in [6, 6.07) is 12.0. The lowest BCUT2D eigenvalue weighted by Crippen LogP contribution is -2.30. The number of hydrogen-bond acceptors (Lipinski definition) is 5. The van der Waals surface area contributed by atoms with Crippen LogP contribution in [0.5, 0.6) is 5.75 Å². The third-order valence-electron chi connectivity index (χ3n) is 4.46. The van der Waals surface area contributed by atoms with E-state index in [4.69, 9.17) is 4.52 Å². The molecule has 2 heterocycles. The van der Waals surface area contributed by atoms with Gasteiger partial charge in [-0.3, -0.25) is 4.79 Å². The molecule has 4 rings (SSSR count). The molecule has 0 saturated carbocycles. The molecule has 0 spiro atoms. The number of aromatic hydroxyl groups is 1. The average Bonchev–Trinajstić information content (AvgIpc) is 3.31. The van der Waals surface area contributed by atoms with Gasteiger partial charge in [-0.25, -0.2) is 4.39 Å². The number of aromatic nitrogens is 2. The van der Waals surface area contributed by atoms with Crippen molar-refractivity contribution in [3.05, 3.63) is 65.8 Å². The Balaban J connectivity index is 1.61. The minimum absolute atomic E-state index is 0.0610. The Kier molecular flexibility index (Phi) is 4.12. The van der Waals surface area contributed by atoms with Crippen LogP contribution in [0.3, 0.4) is 0 Å². The van der Waals surface area contributed by atoms with Crippen molar-refractivity contribution < 1.29 is 18.8 Å². The first-order valence-electron chi connectivity index (χ1n) is 8.32. The molecular formula is C19H16FN3O3. The van der Waals surface area contributed by atoms with Crippen LogP contribution in [0.2, 0.25) is 0 Å². The Hall–Kier alpha value is -3.22. The topological polar surface area (TPSA) is 79.5 Å². The van der Waals surface area contributed by atoms with Gasteiger partial charge in [0.05, 0.1) is 5.56 Å². The fourth-order valence-electron chi connectivity index (χ4n) is 3.19. The lowest BCUT2D eigenvalue weighted by atomic mass is 10.1. The van der Waals surface area contributed by atoms with Crippen molar-refractivity contribution in [1.29, 1.82) is 0 Å². The lowest BCUT2D eigenvalue weighted by Gasteiger charge is -2.22. The van der Waals surface area contributed by atoms with E-state index < -0.39 is 0 Å². The fourth-order valence-corrected chi connectivity index (χ4v) is 3.19. The first-order chi connectivity index (χ1) is 12.6. The second-order valence-electron chi connectivity index (χ2n) is 6.14. The first-order valence-corrected chi connectivity index (χ1v) is 8.32. The second-order valence-corrected chi connectivity index (χ2v) is 6.14. The third kappa shape index (κ3) is 2.92. The molecule has 7 heteroatoms. The number of nitrogens with zero attached hydrogens (tertiary/aromatic N) is 3. The molecule has 1 N–H and O–H groups in total. The van der Waals surface area contributed by atoms with Gasteiger partial charge < -0.3 is 14.5 Å². The maximum atomic E-state index is 13.4. The van der Waals surface area contributed by atoms with Crippen molar-refractivity contribution in [2.45, 2.75) is 18.9 Å². The van der Waals surface area contributed by atoms with Crippen LogP contribution in [-0.4, -0.2) is 32.6 Å². The Morgan fingerprint density at radius 3 is 2.88 bits per heavy atom. The summed E-state index contributed by atoms with van der Waals surface area (Å²) >= 11 is 0. The van der Waals surface area contributed by atoms with Gasteiger partial charge in [0.15, 0.2) is 0 Å². The summed E-state index contributed by atoms with van der Waals surface area (Å²) in [7, 11) is 0. The van der Waals surface area contributed by atoms with Gasteiger partial charge in [0, 0.05) is 12.1 Å².